The predicted octanol–water partition coefficient (Wildman–Crippen LogP) is 4.49. The van der Waals surface area contributed by atoms with Gasteiger partial charge in [0.05, 0.1) is 0 Å². The fourth-order valence-corrected chi connectivity index (χ4v) is 2.16. The van der Waals surface area contributed by atoms with Gasteiger partial charge in [0.2, 0.25) is 0 Å². The molecule has 0 aliphatic heterocycles. The first-order valence-corrected chi connectivity index (χ1v) is 7.21. The lowest BCUT2D eigenvalue weighted by atomic mass is 10.2. The van der Waals surface area contributed by atoms with Crippen molar-refractivity contribution in [2.45, 2.75) is 27.3 Å². The third kappa shape index (κ3) is 3.91. The van der Waals surface area contributed by atoms with Gasteiger partial charge in [-0.3, -0.25) is 4.79 Å². The Labute approximate surface area is 126 Å². The predicted molar refractivity (Wildman–Crippen MR) is 82.0 cm³/mol. The van der Waals surface area contributed by atoms with E-state index >= 15 is 0 Å². The maximum atomic E-state index is 11.0. The maximum absolute atomic E-state index is 11.0. The van der Waals surface area contributed by atoms with E-state index in [2.05, 4.69) is 20.9 Å². The highest BCUT2D eigenvalue weighted by Crippen LogP contribution is 2.18. The molecule has 1 aromatic heterocycles. The summed E-state index contributed by atoms with van der Waals surface area (Å²) in [5.41, 5.74) is 1.51. The number of carbonyl (C=O) groups excluding carboxylic acids is 1. The molecule has 0 saturated carbocycles. The summed E-state index contributed by atoms with van der Waals surface area (Å²) >= 11 is 9.25. The molecule has 0 bridgehead atoms. The molecule has 0 aliphatic rings. The molecule has 1 aromatic carbocycles. The molecule has 102 valence electrons. The summed E-state index contributed by atoms with van der Waals surface area (Å²) in [7, 11) is 0. The second-order valence-corrected chi connectivity index (χ2v) is 4.94. The molecule has 0 spiro atoms. The molecule has 0 saturated heterocycles. The molecule has 3 nitrogen and oxygen atoms in total. The number of hydrogen-bond acceptors (Lipinski definition) is 2. The average Bonchev–Trinajstić information content (AvgIpc) is 2.69. The Kier molecular flexibility index (Phi) is 6.25. The van der Waals surface area contributed by atoms with Crippen molar-refractivity contribution in [1.29, 1.82) is 0 Å². The molecule has 0 radical (unpaired) electrons. The van der Waals surface area contributed by atoms with Crippen molar-refractivity contribution < 1.29 is 4.79 Å². The number of aromatic nitrogens is 2. The zero-order valence-electron chi connectivity index (χ0n) is 11.2. The number of carbonyl (C=O) groups is 1. The van der Waals surface area contributed by atoms with Crippen LogP contribution >= 0.6 is 27.5 Å². The zero-order valence-corrected chi connectivity index (χ0v) is 13.5. The Hall–Kier alpha value is -1.13. The largest absolute Gasteiger partial charge is 0.320 e. The molecule has 5 heteroatoms. The van der Waals surface area contributed by atoms with E-state index < -0.39 is 0 Å². The van der Waals surface area contributed by atoms with E-state index in [0.29, 0.717) is 12.2 Å². The van der Waals surface area contributed by atoms with E-state index in [9.17, 15) is 4.79 Å². The van der Waals surface area contributed by atoms with Crippen molar-refractivity contribution in [3.63, 3.8) is 0 Å². The third-order valence-corrected chi connectivity index (χ3v) is 3.33. The Morgan fingerprint density at radius 2 is 1.89 bits per heavy atom. The Bertz CT molecular complexity index is 549. The van der Waals surface area contributed by atoms with Crippen molar-refractivity contribution in [2.75, 3.05) is 0 Å². The highest BCUT2D eigenvalue weighted by molar-refractivity contribution is 9.10. The lowest BCUT2D eigenvalue weighted by Crippen LogP contribution is -2.05. The molecular formula is C14H16BrClN2O. The van der Waals surface area contributed by atoms with E-state index in [1.165, 1.54) is 0 Å². The lowest BCUT2D eigenvalue weighted by Gasteiger charge is -2.07. The molecule has 0 amide bonds. The highest BCUT2D eigenvalue weighted by atomic mass is 79.9. The van der Waals surface area contributed by atoms with Crippen molar-refractivity contribution >= 4 is 33.8 Å². The van der Waals surface area contributed by atoms with Crippen molar-refractivity contribution in [3.8, 4) is 0 Å². The van der Waals surface area contributed by atoms with Gasteiger partial charge in [0.15, 0.2) is 11.4 Å². The minimum absolute atomic E-state index is 0.259. The van der Waals surface area contributed by atoms with E-state index in [1.807, 2.05) is 45.0 Å². The number of hydrogen-bond donors (Lipinski definition) is 0. The number of nitrogens with zero attached hydrogens (tertiary/aromatic N) is 2. The van der Waals surface area contributed by atoms with Crippen LogP contribution in [0.5, 0.6) is 0 Å². The van der Waals surface area contributed by atoms with E-state index in [0.717, 1.165) is 22.1 Å². The van der Waals surface area contributed by atoms with E-state index in [-0.39, 0.29) is 5.15 Å². The third-order valence-electron chi connectivity index (χ3n) is 2.52. The molecule has 0 N–H and O–H groups in total. The first-order valence-electron chi connectivity index (χ1n) is 6.04. The van der Waals surface area contributed by atoms with E-state index in [1.54, 1.807) is 4.57 Å². The van der Waals surface area contributed by atoms with Crippen LogP contribution in [-0.4, -0.2) is 15.8 Å². The van der Waals surface area contributed by atoms with Crippen LogP contribution in [0.25, 0.3) is 0 Å². The van der Waals surface area contributed by atoms with Crippen LogP contribution in [0.4, 0.5) is 0 Å². The van der Waals surface area contributed by atoms with Crippen molar-refractivity contribution in [3.05, 3.63) is 51.0 Å². The van der Waals surface area contributed by atoms with Gasteiger partial charge in [0.25, 0.3) is 0 Å². The maximum Gasteiger partial charge on any atom is 0.169 e. The summed E-state index contributed by atoms with van der Waals surface area (Å²) in [6.07, 6.45) is 0.737. The number of benzene rings is 1. The standard InChI is InChI=1S/C12H10BrClN2O.C2H6/c1-8-15-12(14)11(7-17)16(8)6-9-2-4-10(13)5-3-9;1-2/h2-5,7H,6H2,1H3;1-2H3. The minimum Gasteiger partial charge on any atom is -0.320 e. The molecular weight excluding hydrogens is 328 g/mol. The quantitative estimate of drug-likeness (QED) is 0.769. The fraction of sp³-hybridized carbons (Fsp3) is 0.286. The summed E-state index contributed by atoms with van der Waals surface area (Å²) in [6, 6.07) is 7.91. The molecule has 0 atom stereocenters. The number of halogens is 2. The van der Waals surface area contributed by atoms with Crippen LogP contribution in [0, 0.1) is 6.92 Å². The van der Waals surface area contributed by atoms with Gasteiger partial charge in [0.1, 0.15) is 11.5 Å². The zero-order chi connectivity index (χ0) is 14.4. The van der Waals surface area contributed by atoms with Gasteiger partial charge in [-0.2, -0.15) is 0 Å². The molecule has 0 fully saturated rings. The highest BCUT2D eigenvalue weighted by Gasteiger charge is 2.12. The topological polar surface area (TPSA) is 34.9 Å². The molecule has 0 unspecified atom stereocenters. The Morgan fingerprint density at radius 1 is 1.32 bits per heavy atom. The van der Waals surface area contributed by atoms with E-state index in [4.69, 9.17) is 11.6 Å². The molecule has 2 rings (SSSR count). The number of imidazole rings is 1. The van der Waals surface area contributed by atoms with Crippen LogP contribution in [0.15, 0.2) is 28.7 Å². The number of aldehydes is 1. The van der Waals surface area contributed by atoms with Gasteiger partial charge in [0, 0.05) is 11.0 Å². The van der Waals surface area contributed by atoms with Crippen LogP contribution < -0.4 is 0 Å². The summed E-state index contributed by atoms with van der Waals surface area (Å²) in [6.45, 7) is 6.42. The fourth-order valence-electron chi connectivity index (χ4n) is 1.63. The first-order chi connectivity index (χ1) is 9.11. The summed E-state index contributed by atoms with van der Waals surface area (Å²) in [4.78, 5) is 15.0. The molecule has 19 heavy (non-hydrogen) atoms. The second kappa shape index (κ2) is 7.46. The van der Waals surface area contributed by atoms with Gasteiger partial charge >= 0.3 is 0 Å². The van der Waals surface area contributed by atoms with Crippen LogP contribution in [-0.2, 0) is 6.54 Å². The minimum atomic E-state index is 0.259. The average molecular weight is 344 g/mol. The Morgan fingerprint density at radius 3 is 2.42 bits per heavy atom. The van der Waals surface area contributed by atoms with Gasteiger partial charge in [-0.05, 0) is 24.6 Å². The molecule has 1 heterocycles. The lowest BCUT2D eigenvalue weighted by molar-refractivity contribution is 0.111. The van der Waals surface area contributed by atoms with Crippen molar-refractivity contribution in [2.24, 2.45) is 0 Å². The summed E-state index contributed by atoms with van der Waals surface area (Å²) in [5.74, 6) is 0.736. The van der Waals surface area contributed by atoms with Crippen LogP contribution in [0.2, 0.25) is 5.15 Å². The SMILES string of the molecule is CC.Cc1nc(Cl)c(C=O)n1Cc1ccc(Br)cc1. The summed E-state index contributed by atoms with van der Waals surface area (Å²) in [5, 5.41) is 0.259. The van der Waals surface area contributed by atoms with Crippen LogP contribution in [0.1, 0.15) is 35.7 Å². The smallest absolute Gasteiger partial charge is 0.169 e. The number of rotatable bonds is 3. The monoisotopic (exact) mass is 342 g/mol. The summed E-state index contributed by atoms with van der Waals surface area (Å²) < 4.78 is 2.83. The van der Waals surface area contributed by atoms with Gasteiger partial charge < -0.3 is 4.57 Å². The Balaban J connectivity index is 0.000000861. The molecule has 0 aliphatic carbocycles. The number of aryl methyl sites for hydroxylation is 1. The van der Waals surface area contributed by atoms with Crippen molar-refractivity contribution in [1.82, 2.24) is 9.55 Å². The van der Waals surface area contributed by atoms with Gasteiger partial charge in [-0.1, -0.05) is 53.5 Å². The normalized spacial score (nSPS) is 9.74. The second-order valence-electron chi connectivity index (χ2n) is 3.67. The van der Waals surface area contributed by atoms with Crippen LogP contribution in [0.3, 0.4) is 0 Å². The van der Waals surface area contributed by atoms with Gasteiger partial charge in [-0.25, -0.2) is 4.98 Å². The molecule has 2 aromatic rings. The van der Waals surface area contributed by atoms with Gasteiger partial charge in [-0.15, -0.1) is 0 Å². The first kappa shape index (κ1) is 15.9.